The number of anilines is 2. The third-order valence-corrected chi connectivity index (χ3v) is 7.04. The molecule has 3 aromatic heterocycles. The van der Waals surface area contributed by atoms with Gasteiger partial charge in [0.15, 0.2) is 11.5 Å². The molecule has 0 atom stereocenters. The van der Waals surface area contributed by atoms with Crippen molar-refractivity contribution in [3.05, 3.63) is 47.7 Å². The van der Waals surface area contributed by atoms with Crippen LogP contribution in [0.3, 0.4) is 0 Å². The molecule has 0 aliphatic carbocycles. The summed E-state index contributed by atoms with van der Waals surface area (Å²) in [5.74, 6) is 0.286. The highest BCUT2D eigenvalue weighted by molar-refractivity contribution is 6.13. The maximum atomic E-state index is 13.2. The van der Waals surface area contributed by atoms with E-state index in [1.807, 2.05) is 50.0 Å². The molecule has 9 heteroatoms. The first-order valence-corrected chi connectivity index (χ1v) is 11.5. The molecule has 0 saturated carbocycles. The lowest BCUT2D eigenvalue weighted by atomic mass is 9.72. The quantitative estimate of drug-likeness (QED) is 0.505. The smallest absolute Gasteiger partial charge is 0.259 e. The van der Waals surface area contributed by atoms with Crippen LogP contribution in [0.5, 0.6) is 0 Å². The number of carbonyl (C=O) groups is 1. The SMILES string of the molecule is Cc1cn2cc(NC(=O)c3ccc(N4CC5(CCNCC5)C4)c4cn(C)nc34)nc2c(C)n1. The summed E-state index contributed by atoms with van der Waals surface area (Å²) in [5.41, 5.74) is 5.32. The van der Waals surface area contributed by atoms with Crippen molar-refractivity contribution >= 4 is 34.0 Å². The van der Waals surface area contributed by atoms with Crippen molar-refractivity contribution in [3.8, 4) is 0 Å². The van der Waals surface area contributed by atoms with Crippen LogP contribution in [0.25, 0.3) is 16.6 Å². The number of nitrogens with one attached hydrogen (secondary N) is 2. The number of benzene rings is 1. The molecule has 0 bridgehead atoms. The van der Waals surface area contributed by atoms with Crippen LogP contribution >= 0.6 is 0 Å². The first-order chi connectivity index (χ1) is 15.9. The first kappa shape index (κ1) is 20.2. The Bertz CT molecular complexity index is 1390. The van der Waals surface area contributed by atoms with Crippen molar-refractivity contribution in [2.45, 2.75) is 26.7 Å². The van der Waals surface area contributed by atoms with Crippen LogP contribution in [-0.4, -0.2) is 56.2 Å². The Balaban J connectivity index is 1.29. The summed E-state index contributed by atoms with van der Waals surface area (Å²) in [6.07, 6.45) is 8.19. The van der Waals surface area contributed by atoms with Gasteiger partial charge in [-0.05, 0) is 51.9 Å². The third-order valence-electron chi connectivity index (χ3n) is 7.04. The van der Waals surface area contributed by atoms with Gasteiger partial charge >= 0.3 is 0 Å². The average Bonchev–Trinajstić information content (AvgIpc) is 3.34. The van der Waals surface area contributed by atoms with Crippen molar-refractivity contribution in [2.24, 2.45) is 12.5 Å². The molecule has 2 fully saturated rings. The normalized spacial score (nSPS) is 17.6. The minimum absolute atomic E-state index is 0.213. The molecule has 9 nitrogen and oxygen atoms in total. The molecule has 2 aliphatic rings. The predicted octanol–water partition coefficient (Wildman–Crippen LogP) is 2.67. The topological polar surface area (TPSA) is 92.4 Å². The monoisotopic (exact) mass is 444 g/mol. The summed E-state index contributed by atoms with van der Waals surface area (Å²) in [5, 5.41) is 12.1. The summed E-state index contributed by atoms with van der Waals surface area (Å²) in [6, 6.07) is 3.95. The van der Waals surface area contributed by atoms with Gasteiger partial charge in [0.2, 0.25) is 0 Å². The number of piperidine rings is 1. The molecule has 1 amide bonds. The van der Waals surface area contributed by atoms with E-state index in [2.05, 4.69) is 36.7 Å². The summed E-state index contributed by atoms with van der Waals surface area (Å²) >= 11 is 0. The van der Waals surface area contributed by atoms with E-state index in [4.69, 9.17) is 0 Å². The van der Waals surface area contributed by atoms with Gasteiger partial charge in [0.1, 0.15) is 5.52 Å². The van der Waals surface area contributed by atoms with Crippen molar-refractivity contribution in [3.63, 3.8) is 0 Å². The Hall–Kier alpha value is -3.46. The van der Waals surface area contributed by atoms with Gasteiger partial charge in [-0.25, -0.2) is 4.98 Å². The molecule has 1 spiro atoms. The van der Waals surface area contributed by atoms with Gasteiger partial charge in [-0.15, -0.1) is 0 Å². The molecular weight excluding hydrogens is 416 g/mol. The fourth-order valence-electron chi connectivity index (χ4n) is 5.42. The van der Waals surface area contributed by atoms with E-state index in [1.54, 1.807) is 4.68 Å². The number of amides is 1. The lowest BCUT2D eigenvalue weighted by Crippen LogP contribution is -2.60. The maximum Gasteiger partial charge on any atom is 0.259 e. The molecule has 2 saturated heterocycles. The molecule has 1 aromatic carbocycles. The van der Waals surface area contributed by atoms with Gasteiger partial charge in [-0.1, -0.05) is 0 Å². The Morgan fingerprint density at radius 1 is 1.09 bits per heavy atom. The minimum atomic E-state index is -0.213. The van der Waals surface area contributed by atoms with E-state index >= 15 is 0 Å². The highest BCUT2D eigenvalue weighted by Gasteiger charge is 2.44. The van der Waals surface area contributed by atoms with E-state index < -0.39 is 0 Å². The predicted molar refractivity (Wildman–Crippen MR) is 128 cm³/mol. The zero-order valence-corrected chi connectivity index (χ0v) is 19.2. The van der Waals surface area contributed by atoms with Gasteiger partial charge in [0.25, 0.3) is 5.91 Å². The van der Waals surface area contributed by atoms with Crippen molar-refractivity contribution in [1.29, 1.82) is 0 Å². The fourth-order valence-corrected chi connectivity index (χ4v) is 5.42. The molecular formula is C24H28N8O. The van der Waals surface area contributed by atoms with Gasteiger partial charge in [0, 0.05) is 49.0 Å². The molecule has 2 aliphatic heterocycles. The number of aromatic nitrogens is 5. The molecule has 4 aromatic rings. The van der Waals surface area contributed by atoms with Crippen LogP contribution in [0.2, 0.25) is 0 Å². The van der Waals surface area contributed by atoms with E-state index in [0.717, 1.165) is 59.8 Å². The Morgan fingerprint density at radius 2 is 1.88 bits per heavy atom. The van der Waals surface area contributed by atoms with Gasteiger partial charge in [-0.3, -0.25) is 14.5 Å². The van der Waals surface area contributed by atoms with Gasteiger partial charge < -0.3 is 19.9 Å². The zero-order valence-electron chi connectivity index (χ0n) is 19.2. The summed E-state index contributed by atoms with van der Waals surface area (Å²) in [7, 11) is 1.90. The second-order valence-corrected chi connectivity index (χ2v) is 9.58. The van der Waals surface area contributed by atoms with Crippen molar-refractivity contribution in [2.75, 3.05) is 36.4 Å². The number of imidazole rings is 1. The third kappa shape index (κ3) is 3.34. The van der Waals surface area contributed by atoms with Crippen LogP contribution in [0.4, 0.5) is 11.5 Å². The van der Waals surface area contributed by atoms with Crippen LogP contribution in [-0.2, 0) is 7.05 Å². The largest absolute Gasteiger partial charge is 0.370 e. The number of carbonyl (C=O) groups excluding carboxylic acids is 1. The lowest BCUT2D eigenvalue weighted by molar-refractivity contribution is 0.102. The second-order valence-electron chi connectivity index (χ2n) is 9.58. The highest BCUT2D eigenvalue weighted by atomic mass is 16.1. The first-order valence-electron chi connectivity index (χ1n) is 11.5. The van der Waals surface area contributed by atoms with Crippen LogP contribution in [0.15, 0.2) is 30.7 Å². The Labute approximate surface area is 191 Å². The Kier molecular flexibility index (Phi) is 4.45. The summed E-state index contributed by atoms with van der Waals surface area (Å²) in [6.45, 7) is 8.20. The number of nitrogens with zero attached hydrogens (tertiary/aromatic N) is 6. The molecule has 170 valence electrons. The van der Waals surface area contributed by atoms with E-state index in [0.29, 0.717) is 16.8 Å². The number of rotatable bonds is 3. The lowest BCUT2D eigenvalue weighted by Gasteiger charge is -2.53. The molecule has 0 unspecified atom stereocenters. The van der Waals surface area contributed by atoms with E-state index in [9.17, 15) is 4.79 Å². The van der Waals surface area contributed by atoms with Crippen LogP contribution in [0, 0.1) is 19.3 Å². The standard InChI is InChI=1S/C24H28N8O/c1-15-10-31-12-20(27-22(31)16(2)26-15)28-23(33)17-4-5-19(18-11-30(3)29-21(17)18)32-13-24(14-32)6-8-25-9-7-24/h4-5,10-12,25H,6-9,13-14H2,1-3H3,(H,28,33). The maximum absolute atomic E-state index is 13.2. The minimum Gasteiger partial charge on any atom is -0.370 e. The fraction of sp³-hybridized carbons (Fsp3) is 0.417. The number of hydrogen-bond donors (Lipinski definition) is 2. The van der Waals surface area contributed by atoms with Crippen molar-refractivity contribution in [1.82, 2.24) is 29.5 Å². The Morgan fingerprint density at radius 3 is 2.67 bits per heavy atom. The summed E-state index contributed by atoms with van der Waals surface area (Å²) in [4.78, 5) is 24.7. The van der Waals surface area contributed by atoms with Gasteiger partial charge in [-0.2, -0.15) is 5.10 Å². The average molecular weight is 445 g/mol. The molecule has 5 heterocycles. The zero-order chi connectivity index (χ0) is 22.7. The van der Waals surface area contributed by atoms with Crippen molar-refractivity contribution < 1.29 is 4.79 Å². The highest BCUT2D eigenvalue weighted by Crippen LogP contribution is 2.43. The second kappa shape index (κ2) is 7.28. The number of fused-ring (bicyclic) bond motifs is 2. The summed E-state index contributed by atoms with van der Waals surface area (Å²) < 4.78 is 3.68. The van der Waals surface area contributed by atoms with Crippen LogP contribution < -0.4 is 15.5 Å². The number of aryl methyl sites for hydroxylation is 3. The molecule has 2 N–H and O–H groups in total. The van der Waals surface area contributed by atoms with E-state index in [1.165, 1.54) is 12.8 Å². The van der Waals surface area contributed by atoms with Crippen LogP contribution in [0.1, 0.15) is 34.6 Å². The molecule has 6 rings (SSSR count). The molecule has 33 heavy (non-hydrogen) atoms. The molecule has 0 radical (unpaired) electrons. The van der Waals surface area contributed by atoms with Gasteiger partial charge in [0.05, 0.1) is 23.1 Å². The van der Waals surface area contributed by atoms with E-state index in [-0.39, 0.29) is 5.91 Å². The number of hydrogen-bond acceptors (Lipinski definition) is 6.